The van der Waals surface area contributed by atoms with Crippen molar-refractivity contribution in [2.24, 2.45) is 0 Å². The molecule has 0 radical (unpaired) electrons. The minimum absolute atomic E-state index is 0.563. The van der Waals surface area contributed by atoms with Crippen molar-refractivity contribution in [3.05, 3.63) is 115 Å². The van der Waals surface area contributed by atoms with Gasteiger partial charge < -0.3 is 19.1 Å². The molecule has 1 aliphatic heterocycles. The Balaban J connectivity index is 1.51. The summed E-state index contributed by atoms with van der Waals surface area (Å²) in [6.07, 6.45) is 0. The highest BCUT2D eigenvalue weighted by Gasteiger charge is 2.34. The molecule has 0 aliphatic carbocycles. The van der Waals surface area contributed by atoms with Crippen molar-refractivity contribution in [3.63, 3.8) is 0 Å². The van der Waals surface area contributed by atoms with E-state index in [9.17, 15) is 5.02 Å². The first-order chi connectivity index (χ1) is 17.3. The van der Waals surface area contributed by atoms with Crippen LogP contribution in [-0.2, 0) is 0 Å². The van der Waals surface area contributed by atoms with E-state index in [0.29, 0.717) is 28.5 Å². The number of fused-ring (bicyclic) bond motifs is 5. The summed E-state index contributed by atoms with van der Waals surface area (Å²) in [5.74, 6) is 2.49. The molecule has 6 aromatic rings. The molecule has 0 atom stereocenters. The summed E-state index contributed by atoms with van der Waals surface area (Å²) in [5, 5.41) is 13.7. The van der Waals surface area contributed by atoms with Crippen LogP contribution in [-0.4, -0.2) is 16.5 Å². The molecule has 7 rings (SSSR count). The van der Waals surface area contributed by atoms with Crippen LogP contribution in [0.25, 0.3) is 27.5 Å². The Kier molecular flexibility index (Phi) is 4.44. The molecule has 0 spiro atoms. The molecule has 1 N–H and O–H groups in total. The number of para-hydroxylation sites is 4. The van der Waals surface area contributed by atoms with E-state index in [1.165, 1.54) is 10.8 Å². The van der Waals surface area contributed by atoms with Gasteiger partial charge in [-0.1, -0.05) is 72.8 Å². The van der Waals surface area contributed by atoms with Gasteiger partial charge in [0.25, 0.3) is 0 Å². The molecule has 1 aromatic heterocycles. The van der Waals surface area contributed by atoms with Crippen LogP contribution in [0, 0.1) is 0 Å². The zero-order valence-electron chi connectivity index (χ0n) is 18.8. The summed E-state index contributed by atoms with van der Waals surface area (Å²) in [6, 6.07) is 37.9. The van der Waals surface area contributed by atoms with E-state index in [0.717, 1.165) is 22.2 Å². The maximum absolute atomic E-state index is 11.4. The summed E-state index contributed by atoms with van der Waals surface area (Å²) in [4.78, 5) is 0. The molecule has 35 heavy (non-hydrogen) atoms. The molecular weight excluding hydrogens is 433 g/mol. The number of hydrogen-bond acceptors (Lipinski definition) is 3. The Morgan fingerprint density at radius 3 is 2.03 bits per heavy atom. The molecular formula is C30H20BNO3. The van der Waals surface area contributed by atoms with Gasteiger partial charge in [0.1, 0.15) is 23.0 Å². The predicted molar refractivity (Wildman–Crippen MR) is 141 cm³/mol. The number of ether oxygens (including phenoxy) is 2. The molecule has 0 saturated heterocycles. The molecule has 0 saturated carbocycles. The van der Waals surface area contributed by atoms with Crippen LogP contribution in [0.15, 0.2) is 115 Å². The molecule has 2 heterocycles. The lowest BCUT2D eigenvalue weighted by Crippen LogP contribution is -2.47. The molecule has 0 fully saturated rings. The van der Waals surface area contributed by atoms with Gasteiger partial charge in [-0.3, -0.25) is 0 Å². The topological polar surface area (TPSA) is 43.6 Å². The van der Waals surface area contributed by atoms with Crippen LogP contribution in [0.2, 0.25) is 0 Å². The van der Waals surface area contributed by atoms with Crippen molar-refractivity contribution in [3.8, 4) is 28.7 Å². The fraction of sp³-hybridized carbons (Fsp3) is 0. The van der Waals surface area contributed by atoms with Gasteiger partial charge >= 0.3 is 6.92 Å². The van der Waals surface area contributed by atoms with Gasteiger partial charge in [0, 0.05) is 28.4 Å². The van der Waals surface area contributed by atoms with Crippen LogP contribution in [0.4, 0.5) is 0 Å². The average Bonchev–Trinajstić information content (AvgIpc) is 3.24. The van der Waals surface area contributed by atoms with Crippen molar-refractivity contribution < 1.29 is 14.5 Å². The van der Waals surface area contributed by atoms with Gasteiger partial charge in [0.15, 0.2) is 0 Å². The third-order valence-electron chi connectivity index (χ3n) is 6.61. The molecule has 0 bridgehead atoms. The predicted octanol–water partition coefficient (Wildman–Crippen LogP) is 5.78. The molecule has 4 nitrogen and oxygen atoms in total. The van der Waals surface area contributed by atoms with Crippen LogP contribution in [0.1, 0.15) is 0 Å². The van der Waals surface area contributed by atoms with Gasteiger partial charge in [-0.2, -0.15) is 0 Å². The minimum Gasteiger partial charge on any atom is -0.458 e. The van der Waals surface area contributed by atoms with Crippen molar-refractivity contribution in [2.75, 3.05) is 0 Å². The van der Waals surface area contributed by atoms with Crippen molar-refractivity contribution in [2.45, 2.75) is 0 Å². The van der Waals surface area contributed by atoms with E-state index in [1.807, 2.05) is 78.9 Å². The summed E-state index contributed by atoms with van der Waals surface area (Å²) >= 11 is 0. The summed E-state index contributed by atoms with van der Waals surface area (Å²) < 4.78 is 14.9. The van der Waals surface area contributed by atoms with E-state index in [4.69, 9.17) is 9.47 Å². The third kappa shape index (κ3) is 3.13. The lowest BCUT2D eigenvalue weighted by Gasteiger charge is -2.26. The Labute approximate surface area is 202 Å². The van der Waals surface area contributed by atoms with Gasteiger partial charge in [0.2, 0.25) is 0 Å². The van der Waals surface area contributed by atoms with Crippen molar-refractivity contribution >= 4 is 39.6 Å². The zero-order chi connectivity index (χ0) is 23.4. The van der Waals surface area contributed by atoms with Crippen LogP contribution >= 0.6 is 0 Å². The molecule has 0 unspecified atom stereocenters. The van der Waals surface area contributed by atoms with Crippen LogP contribution < -0.4 is 20.4 Å². The van der Waals surface area contributed by atoms with Gasteiger partial charge in [0.05, 0.1) is 16.7 Å². The monoisotopic (exact) mass is 453 g/mol. The van der Waals surface area contributed by atoms with E-state index in [1.54, 1.807) is 0 Å². The van der Waals surface area contributed by atoms with E-state index >= 15 is 0 Å². The fourth-order valence-corrected chi connectivity index (χ4v) is 5.04. The second kappa shape index (κ2) is 7.79. The normalized spacial score (nSPS) is 12.3. The van der Waals surface area contributed by atoms with E-state index in [-0.39, 0.29) is 0 Å². The van der Waals surface area contributed by atoms with Crippen LogP contribution in [0.5, 0.6) is 23.0 Å². The highest BCUT2D eigenvalue weighted by molar-refractivity contribution is 6.81. The average molecular weight is 453 g/mol. The Bertz CT molecular complexity index is 1670. The molecule has 5 heteroatoms. The Morgan fingerprint density at radius 1 is 0.657 bits per heavy atom. The molecule has 166 valence electrons. The smallest absolute Gasteiger partial charge is 0.370 e. The second-order valence-electron chi connectivity index (χ2n) is 8.68. The quantitative estimate of drug-likeness (QED) is 0.346. The first-order valence-electron chi connectivity index (χ1n) is 11.6. The summed E-state index contributed by atoms with van der Waals surface area (Å²) in [5.41, 5.74) is 4.44. The lowest BCUT2D eigenvalue weighted by molar-refractivity contribution is 0.459. The Morgan fingerprint density at radius 2 is 1.29 bits per heavy atom. The van der Waals surface area contributed by atoms with Gasteiger partial charge in [-0.15, -0.1) is 0 Å². The number of rotatable bonds is 3. The highest BCUT2D eigenvalue weighted by Crippen LogP contribution is 2.37. The van der Waals surface area contributed by atoms with E-state index < -0.39 is 6.92 Å². The molecule has 1 aliphatic rings. The number of benzene rings is 5. The first kappa shape index (κ1) is 19.9. The summed E-state index contributed by atoms with van der Waals surface area (Å²) in [6.45, 7) is -0.860. The lowest BCUT2D eigenvalue weighted by atomic mass is 9.54. The third-order valence-corrected chi connectivity index (χ3v) is 6.61. The van der Waals surface area contributed by atoms with Crippen LogP contribution in [0.3, 0.4) is 0 Å². The van der Waals surface area contributed by atoms with Crippen molar-refractivity contribution in [1.29, 1.82) is 0 Å². The van der Waals surface area contributed by atoms with E-state index in [2.05, 4.69) is 41.0 Å². The number of nitrogens with zero attached hydrogens (tertiary/aromatic N) is 1. The largest absolute Gasteiger partial charge is 0.458 e. The maximum Gasteiger partial charge on any atom is 0.370 e. The maximum atomic E-state index is 11.4. The molecule has 5 aromatic carbocycles. The minimum atomic E-state index is -0.860. The first-order valence-corrected chi connectivity index (χ1v) is 11.6. The fourth-order valence-electron chi connectivity index (χ4n) is 5.04. The SMILES string of the molecule is OB1c2ccccc2Oc2cc(-n3c4ccccc4c4ccccc43)cc(Oc3ccccc3)c21. The number of aromatic nitrogens is 1. The number of hydrogen-bond donors (Lipinski definition) is 1. The molecule has 0 amide bonds. The summed E-state index contributed by atoms with van der Waals surface area (Å²) in [7, 11) is 0. The van der Waals surface area contributed by atoms with Gasteiger partial charge in [-0.25, -0.2) is 0 Å². The van der Waals surface area contributed by atoms with Crippen molar-refractivity contribution in [1.82, 2.24) is 4.57 Å². The highest BCUT2D eigenvalue weighted by atomic mass is 16.5. The second-order valence-corrected chi connectivity index (χ2v) is 8.68. The van der Waals surface area contributed by atoms with Gasteiger partial charge in [-0.05, 0) is 35.8 Å². The zero-order valence-corrected chi connectivity index (χ0v) is 18.8. The Hall–Kier alpha value is -4.48. The standard InChI is InChI=1S/C30H20BNO3/c33-31-24-14-6-9-17-27(24)35-29-19-20(18-28(30(29)31)34-21-10-2-1-3-11-21)32-25-15-7-4-12-22(25)23-13-5-8-16-26(23)32/h1-19,33H.